The van der Waals surface area contributed by atoms with Gasteiger partial charge in [-0.25, -0.2) is 4.79 Å². The highest BCUT2D eigenvalue weighted by Crippen LogP contribution is 2.45. The molecule has 174 valence electrons. The molecule has 0 aromatic heterocycles. The number of ether oxygens (including phenoxy) is 1. The largest absolute Gasteiger partial charge is 0.447 e. The monoisotopic (exact) mass is 455 g/mol. The highest BCUT2D eigenvalue weighted by molar-refractivity contribution is 5.93. The summed E-state index contributed by atoms with van der Waals surface area (Å²) in [7, 11) is 0. The van der Waals surface area contributed by atoms with E-state index in [-0.39, 0.29) is 23.6 Å². The normalized spacial score (nSPS) is 20.9. The lowest BCUT2D eigenvalue weighted by atomic mass is 9.72. The summed E-state index contributed by atoms with van der Waals surface area (Å²) in [6, 6.07) is 23.9. The van der Waals surface area contributed by atoms with E-state index in [9.17, 15) is 9.59 Å². The van der Waals surface area contributed by atoms with Crippen molar-refractivity contribution in [2.45, 2.75) is 38.8 Å². The third-order valence-corrected chi connectivity index (χ3v) is 6.87. The van der Waals surface area contributed by atoms with Crippen molar-refractivity contribution in [2.75, 3.05) is 16.8 Å². The summed E-state index contributed by atoms with van der Waals surface area (Å²) >= 11 is 0. The minimum atomic E-state index is -0.419. The SMILES string of the molecule is CC1(C)Cc2cc(C(N)=O)ccc2NC1c1cccc(N2C(=O)OC[C@@H]2Cc2ccccc2)c1. The number of fused-ring (bicyclic) bond motifs is 1. The summed E-state index contributed by atoms with van der Waals surface area (Å²) in [4.78, 5) is 26.1. The number of hydrogen-bond donors (Lipinski definition) is 2. The standard InChI is InChI=1S/C28H29N3O3/c1-28(2)16-21-14-20(26(29)32)11-12-24(21)30-25(28)19-9-6-10-22(15-19)31-23(17-34-27(31)33)13-18-7-4-3-5-8-18/h3-12,14-15,23,25,30H,13,16-17H2,1-2H3,(H2,29,32)/t23-,25?/m0/s1. The second-order valence-corrected chi connectivity index (χ2v) is 9.86. The van der Waals surface area contributed by atoms with Crippen LogP contribution in [0.15, 0.2) is 72.8 Å². The highest BCUT2D eigenvalue weighted by Gasteiger charge is 2.38. The molecule has 2 atom stereocenters. The van der Waals surface area contributed by atoms with Crippen molar-refractivity contribution in [3.63, 3.8) is 0 Å². The summed E-state index contributed by atoms with van der Waals surface area (Å²) in [5.74, 6) is -0.419. The van der Waals surface area contributed by atoms with Gasteiger partial charge in [-0.2, -0.15) is 0 Å². The van der Waals surface area contributed by atoms with Crippen LogP contribution in [0.2, 0.25) is 0 Å². The van der Waals surface area contributed by atoms with Gasteiger partial charge in [0, 0.05) is 16.9 Å². The highest BCUT2D eigenvalue weighted by atomic mass is 16.6. The number of cyclic esters (lactones) is 1. The van der Waals surface area contributed by atoms with Gasteiger partial charge in [-0.3, -0.25) is 9.69 Å². The molecule has 5 rings (SSSR count). The molecule has 0 spiro atoms. The van der Waals surface area contributed by atoms with Crippen LogP contribution in [0.25, 0.3) is 0 Å². The minimum absolute atomic E-state index is 0.0329. The molecule has 3 N–H and O–H groups in total. The second kappa shape index (κ2) is 8.52. The van der Waals surface area contributed by atoms with E-state index in [1.54, 1.807) is 11.0 Å². The van der Waals surface area contributed by atoms with E-state index in [1.807, 2.05) is 42.5 Å². The third kappa shape index (κ3) is 4.12. The molecule has 34 heavy (non-hydrogen) atoms. The maximum Gasteiger partial charge on any atom is 0.414 e. The number of anilines is 2. The van der Waals surface area contributed by atoms with Gasteiger partial charge in [0.2, 0.25) is 5.91 Å². The van der Waals surface area contributed by atoms with E-state index in [4.69, 9.17) is 10.5 Å². The number of hydrogen-bond acceptors (Lipinski definition) is 4. The number of nitrogens with two attached hydrogens (primary N) is 1. The molecule has 1 unspecified atom stereocenters. The zero-order valence-corrected chi connectivity index (χ0v) is 19.5. The Kier molecular flexibility index (Phi) is 5.52. The summed E-state index contributed by atoms with van der Waals surface area (Å²) in [5, 5.41) is 3.66. The molecule has 6 heteroatoms. The van der Waals surface area contributed by atoms with Crippen molar-refractivity contribution in [1.82, 2.24) is 0 Å². The smallest absolute Gasteiger partial charge is 0.414 e. The molecule has 0 aliphatic carbocycles. The van der Waals surface area contributed by atoms with Crippen molar-refractivity contribution in [1.29, 1.82) is 0 Å². The number of primary amides is 1. The van der Waals surface area contributed by atoms with Gasteiger partial charge in [0.1, 0.15) is 6.61 Å². The molecular formula is C28H29N3O3. The van der Waals surface area contributed by atoms with Crippen molar-refractivity contribution in [2.24, 2.45) is 11.1 Å². The lowest BCUT2D eigenvalue weighted by molar-refractivity contribution is 0.1000. The van der Waals surface area contributed by atoms with Crippen LogP contribution in [0.3, 0.4) is 0 Å². The second-order valence-electron chi connectivity index (χ2n) is 9.86. The van der Waals surface area contributed by atoms with Crippen molar-refractivity contribution >= 4 is 23.4 Å². The van der Waals surface area contributed by atoms with Crippen LogP contribution < -0.4 is 16.0 Å². The molecule has 6 nitrogen and oxygen atoms in total. The Hall–Kier alpha value is -3.80. The van der Waals surface area contributed by atoms with Crippen LogP contribution in [-0.4, -0.2) is 24.6 Å². The van der Waals surface area contributed by atoms with Gasteiger partial charge in [-0.05, 0) is 65.3 Å². The average molecular weight is 456 g/mol. The fourth-order valence-corrected chi connectivity index (χ4v) is 5.18. The predicted octanol–water partition coefficient (Wildman–Crippen LogP) is 5.09. The van der Waals surface area contributed by atoms with E-state index < -0.39 is 5.91 Å². The maximum atomic E-state index is 12.7. The number of carbonyl (C=O) groups is 2. The number of amides is 2. The number of nitrogens with zero attached hydrogens (tertiary/aromatic N) is 1. The minimum Gasteiger partial charge on any atom is -0.447 e. The third-order valence-electron chi connectivity index (χ3n) is 6.87. The molecule has 2 aliphatic rings. The molecule has 1 fully saturated rings. The first-order valence-corrected chi connectivity index (χ1v) is 11.6. The number of rotatable bonds is 5. The van der Waals surface area contributed by atoms with Crippen LogP contribution in [0.4, 0.5) is 16.2 Å². The van der Waals surface area contributed by atoms with E-state index in [1.165, 1.54) is 5.56 Å². The molecule has 2 aliphatic heterocycles. The molecule has 0 saturated carbocycles. The van der Waals surface area contributed by atoms with Gasteiger partial charge in [-0.1, -0.05) is 56.3 Å². The van der Waals surface area contributed by atoms with Crippen molar-refractivity contribution in [3.8, 4) is 0 Å². The fourth-order valence-electron chi connectivity index (χ4n) is 5.18. The number of benzene rings is 3. The fraction of sp³-hybridized carbons (Fsp3) is 0.286. The predicted molar refractivity (Wildman–Crippen MR) is 133 cm³/mol. The van der Waals surface area contributed by atoms with E-state index in [0.29, 0.717) is 12.2 Å². The van der Waals surface area contributed by atoms with E-state index in [2.05, 4.69) is 43.4 Å². The van der Waals surface area contributed by atoms with Gasteiger partial charge < -0.3 is 15.8 Å². The van der Waals surface area contributed by atoms with E-state index >= 15 is 0 Å². The van der Waals surface area contributed by atoms with Crippen molar-refractivity contribution in [3.05, 3.63) is 95.1 Å². The molecule has 0 radical (unpaired) electrons. The average Bonchev–Trinajstić information content (AvgIpc) is 3.18. The summed E-state index contributed by atoms with van der Waals surface area (Å²) in [5.41, 5.74) is 11.1. The summed E-state index contributed by atoms with van der Waals surface area (Å²) in [6.07, 6.45) is 1.23. The van der Waals surface area contributed by atoms with Gasteiger partial charge in [0.05, 0.1) is 12.1 Å². The van der Waals surface area contributed by atoms with Crippen molar-refractivity contribution < 1.29 is 14.3 Å². The van der Waals surface area contributed by atoms with Gasteiger partial charge in [0.25, 0.3) is 0 Å². The molecule has 2 amide bonds. The molecule has 1 saturated heterocycles. The quantitative estimate of drug-likeness (QED) is 0.561. The first-order valence-electron chi connectivity index (χ1n) is 11.6. The Bertz CT molecular complexity index is 1240. The van der Waals surface area contributed by atoms with Crippen LogP contribution in [0, 0.1) is 5.41 Å². The Labute approximate surface area is 199 Å². The molecule has 3 aromatic rings. The molecule has 2 heterocycles. The summed E-state index contributed by atoms with van der Waals surface area (Å²) in [6.45, 7) is 4.79. The topological polar surface area (TPSA) is 84.7 Å². The lowest BCUT2D eigenvalue weighted by Crippen LogP contribution is -2.36. The van der Waals surface area contributed by atoms with Gasteiger partial charge >= 0.3 is 6.09 Å². The van der Waals surface area contributed by atoms with Crippen LogP contribution in [0.5, 0.6) is 0 Å². The first-order chi connectivity index (χ1) is 16.3. The zero-order chi connectivity index (χ0) is 23.9. The Morgan fingerprint density at radius 1 is 1.09 bits per heavy atom. The zero-order valence-electron chi connectivity index (χ0n) is 19.5. The van der Waals surface area contributed by atoms with Crippen LogP contribution >= 0.6 is 0 Å². The lowest BCUT2D eigenvalue weighted by Gasteiger charge is -2.41. The number of carbonyl (C=O) groups excluding carboxylic acids is 2. The maximum absolute atomic E-state index is 12.7. The van der Waals surface area contributed by atoms with Crippen LogP contribution in [-0.2, 0) is 17.6 Å². The Morgan fingerprint density at radius 2 is 1.88 bits per heavy atom. The Morgan fingerprint density at radius 3 is 2.65 bits per heavy atom. The molecular weight excluding hydrogens is 426 g/mol. The Balaban J connectivity index is 1.44. The van der Waals surface area contributed by atoms with E-state index in [0.717, 1.165) is 35.3 Å². The van der Waals surface area contributed by atoms with Crippen LogP contribution in [0.1, 0.15) is 46.9 Å². The van der Waals surface area contributed by atoms with Gasteiger partial charge in [-0.15, -0.1) is 0 Å². The van der Waals surface area contributed by atoms with Gasteiger partial charge in [0.15, 0.2) is 0 Å². The number of nitrogens with one attached hydrogen (secondary N) is 1. The molecule has 3 aromatic carbocycles. The summed E-state index contributed by atoms with van der Waals surface area (Å²) < 4.78 is 5.44. The first kappa shape index (κ1) is 22.0. The molecule has 0 bridgehead atoms.